The minimum absolute atomic E-state index is 0.287. The lowest BCUT2D eigenvalue weighted by Gasteiger charge is -2.10. The lowest BCUT2D eigenvalue weighted by molar-refractivity contribution is -0.159. The van der Waals surface area contributed by atoms with Gasteiger partial charge in [-0.3, -0.25) is 5.32 Å². The van der Waals surface area contributed by atoms with Gasteiger partial charge in [-0.25, -0.2) is 4.79 Å². The molecule has 0 aliphatic heterocycles. The van der Waals surface area contributed by atoms with E-state index in [0.29, 0.717) is 10.2 Å². The summed E-state index contributed by atoms with van der Waals surface area (Å²) >= 11 is 3.17. The first kappa shape index (κ1) is 14.6. The van der Waals surface area contributed by atoms with Crippen LogP contribution in [-0.2, 0) is 4.74 Å². The van der Waals surface area contributed by atoms with E-state index in [1.165, 1.54) is 19.2 Å². The highest BCUT2D eigenvalue weighted by molar-refractivity contribution is 9.10. The molecule has 18 heavy (non-hydrogen) atoms. The highest BCUT2D eigenvalue weighted by Crippen LogP contribution is 2.27. The maximum atomic E-state index is 11.8. The Kier molecular flexibility index (Phi) is 4.83. The van der Waals surface area contributed by atoms with E-state index in [2.05, 4.69) is 26.0 Å². The van der Waals surface area contributed by atoms with Gasteiger partial charge in [0.15, 0.2) is 6.61 Å². The number of halogens is 4. The van der Waals surface area contributed by atoms with E-state index in [1.807, 2.05) is 0 Å². The van der Waals surface area contributed by atoms with Gasteiger partial charge in [0, 0.05) is 5.69 Å². The Labute approximate surface area is 109 Å². The van der Waals surface area contributed by atoms with Crippen molar-refractivity contribution < 1.29 is 27.4 Å². The lowest BCUT2D eigenvalue weighted by Crippen LogP contribution is -2.23. The van der Waals surface area contributed by atoms with Gasteiger partial charge in [-0.15, -0.1) is 0 Å². The van der Waals surface area contributed by atoms with Crippen molar-refractivity contribution in [1.29, 1.82) is 0 Å². The third kappa shape index (κ3) is 4.82. The molecule has 1 rings (SSSR count). The number of amides is 1. The Morgan fingerprint density at radius 3 is 2.61 bits per heavy atom. The average molecular weight is 328 g/mol. The predicted octanol–water partition coefficient (Wildman–Crippen LogP) is 3.57. The number of rotatable bonds is 3. The molecule has 0 aromatic heterocycles. The normalized spacial score (nSPS) is 10.9. The number of nitrogens with one attached hydrogen (secondary N) is 1. The van der Waals surface area contributed by atoms with Crippen LogP contribution in [0.3, 0.4) is 0 Å². The van der Waals surface area contributed by atoms with Crippen LogP contribution in [0.1, 0.15) is 0 Å². The van der Waals surface area contributed by atoms with Gasteiger partial charge in [0.1, 0.15) is 5.75 Å². The number of carbonyl (C=O) groups is 1. The van der Waals surface area contributed by atoms with Crippen LogP contribution in [0.2, 0.25) is 0 Å². The molecule has 0 heterocycles. The molecule has 0 atom stereocenters. The molecular weight excluding hydrogens is 319 g/mol. The molecular formula is C10H9BrF3NO3. The van der Waals surface area contributed by atoms with Gasteiger partial charge >= 0.3 is 12.3 Å². The SMILES string of the molecule is COc1ccc(NC(=O)OCC(F)(F)F)cc1Br. The Hall–Kier alpha value is -1.44. The quantitative estimate of drug-likeness (QED) is 0.923. The van der Waals surface area contributed by atoms with Crippen LogP contribution in [0.5, 0.6) is 5.75 Å². The Morgan fingerprint density at radius 2 is 2.11 bits per heavy atom. The number of alkyl halides is 3. The van der Waals surface area contributed by atoms with Crippen LogP contribution >= 0.6 is 15.9 Å². The molecule has 0 bridgehead atoms. The lowest BCUT2D eigenvalue weighted by atomic mass is 10.3. The summed E-state index contributed by atoms with van der Waals surface area (Å²) in [4.78, 5) is 11.0. The number of carbonyl (C=O) groups excluding carboxylic acids is 1. The first-order valence-electron chi connectivity index (χ1n) is 4.66. The highest BCUT2D eigenvalue weighted by Gasteiger charge is 2.29. The second-order valence-electron chi connectivity index (χ2n) is 3.17. The van der Waals surface area contributed by atoms with Gasteiger partial charge in [0.2, 0.25) is 0 Å². The van der Waals surface area contributed by atoms with Crippen molar-refractivity contribution in [3.8, 4) is 5.75 Å². The number of anilines is 1. The Bertz CT molecular complexity index is 437. The number of methoxy groups -OCH3 is 1. The van der Waals surface area contributed by atoms with Crippen molar-refractivity contribution in [3.63, 3.8) is 0 Å². The number of ether oxygens (including phenoxy) is 2. The minimum atomic E-state index is -4.54. The third-order valence-corrected chi connectivity index (χ3v) is 2.38. The standard InChI is InChI=1S/C10H9BrF3NO3/c1-17-8-3-2-6(4-7(8)11)15-9(16)18-5-10(12,13)14/h2-4H,5H2,1H3,(H,15,16). The molecule has 0 radical (unpaired) electrons. The van der Waals surface area contributed by atoms with Gasteiger partial charge in [-0.2, -0.15) is 13.2 Å². The van der Waals surface area contributed by atoms with E-state index >= 15 is 0 Å². The predicted molar refractivity (Wildman–Crippen MR) is 61.7 cm³/mol. The first-order chi connectivity index (χ1) is 8.31. The van der Waals surface area contributed by atoms with E-state index < -0.39 is 18.9 Å². The van der Waals surface area contributed by atoms with Crippen LogP contribution in [0.25, 0.3) is 0 Å². The van der Waals surface area contributed by atoms with Crippen molar-refractivity contribution in [2.75, 3.05) is 19.0 Å². The third-order valence-electron chi connectivity index (χ3n) is 1.77. The summed E-state index contributed by atoms with van der Waals surface area (Å²) in [6.45, 7) is -1.63. The fraction of sp³-hybridized carbons (Fsp3) is 0.300. The summed E-state index contributed by atoms with van der Waals surface area (Å²) in [6.07, 6.45) is -5.72. The largest absolute Gasteiger partial charge is 0.496 e. The zero-order valence-corrected chi connectivity index (χ0v) is 10.8. The van der Waals surface area contributed by atoms with Crippen molar-refractivity contribution in [3.05, 3.63) is 22.7 Å². The van der Waals surface area contributed by atoms with Crippen LogP contribution in [-0.4, -0.2) is 26.0 Å². The van der Waals surface area contributed by atoms with Gasteiger partial charge in [-0.1, -0.05) is 0 Å². The molecule has 0 saturated carbocycles. The van der Waals surface area contributed by atoms with Crippen molar-refractivity contribution in [2.45, 2.75) is 6.18 Å². The topological polar surface area (TPSA) is 47.6 Å². The van der Waals surface area contributed by atoms with Crippen molar-refractivity contribution in [1.82, 2.24) is 0 Å². The first-order valence-corrected chi connectivity index (χ1v) is 5.45. The monoisotopic (exact) mass is 327 g/mol. The summed E-state index contributed by atoms with van der Waals surface area (Å²) in [5, 5.41) is 2.16. The second kappa shape index (κ2) is 5.94. The highest BCUT2D eigenvalue weighted by atomic mass is 79.9. The molecule has 0 aliphatic rings. The van der Waals surface area contributed by atoms with Gasteiger partial charge in [-0.05, 0) is 34.1 Å². The number of benzene rings is 1. The summed E-state index contributed by atoms with van der Waals surface area (Å²) < 4.78 is 44.9. The number of hydrogen-bond donors (Lipinski definition) is 1. The van der Waals surface area contributed by atoms with Gasteiger partial charge in [0.05, 0.1) is 11.6 Å². The molecule has 1 aromatic carbocycles. The molecule has 0 spiro atoms. The summed E-state index contributed by atoms with van der Waals surface area (Å²) in [5.74, 6) is 0.532. The van der Waals surface area contributed by atoms with Crippen LogP contribution < -0.4 is 10.1 Å². The molecule has 1 N–H and O–H groups in total. The maximum Gasteiger partial charge on any atom is 0.422 e. The van der Waals surface area contributed by atoms with Crippen LogP contribution in [0.4, 0.5) is 23.7 Å². The molecule has 0 aliphatic carbocycles. The van der Waals surface area contributed by atoms with Crippen molar-refractivity contribution in [2.24, 2.45) is 0 Å². The van der Waals surface area contributed by atoms with E-state index in [-0.39, 0.29) is 5.69 Å². The van der Waals surface area contributed by atoms with Gasteiger partial charge < -0.3 is 9.47 Å². The molecule has 100 valence electrons. The van der Waals surface area contributed by atoms with E-state index in [4.69, 9.17) is 4.74 Å². The molecule has 0 fully saturated rings. The summed E-state index contributed by atoms with van der Waals surface area (Å²) in [6, 6.07) is 4.50. The Balaban J connectivity index is 2.57. The van der Waals surface area contributed by atoms with E-state index in [1.54, 1.807) is 6.07 Å². The number of hydrogen-bond acceptors (Lipinski definition) is 3. The Morgan fingerprint density at radius 1 is 1.44 bits per heavy atom. The fourth-order valence-corrected chi connectivity index (χ4v) is 1.59. The zero-order valence-electron chi connectivity index (χ0n) is 9.18. The summed E-state index contributed by atoms with van der Waals surface area (Å²) in [5.41, 5.74) is 0.287. The van der Waals surface area contributed by atoms with Crippen molar-refractivity contribution >= 4 is 27.7 Å². The smallest absolute Gasteiger partial charge is 0.422 e. The minimum Gasteiger partial charge on any atom is -0.496 e. The molecule has 0 unspecified atom stereocenters. The molecule has 4 nitrogen and oxygen atoms in total. The molecule has 0 saturated heterocycles. The maximum absolute atomic E-state index is 11.8. The molecule has 1 amide bonds. The molecule has 1 aromatic rings. The fourth-order valence-electron chi connectivity index (χ4n) is 1.05. The van der Waals surface area contributed by atoms with E-state index in [9.17, 15) is 18.0 Å². The second-order valence-corrected chi connectivity index (χ2v) is 4.02. The molecule has 8 heteroatoms. The zero-order chi connectivity index (χ0) is 13.8. The van der Waals surface area contributed by atoms with Crippen LogP contribution in [0, 0.1) is 0 Å². The van der Waals surface area contributed by atoms with E-state index in [0.717, 1.165) is 0 Å². The van der Waals surface area contributed by atoms with Crippen LogP contribution in [0.15, 0.2) is 22.7 Å². The van der Waals surface area contributed by atoms with Gasteiger partial charge in [0.25, 0.3) is 0 Å². The average Bonchev–Trinajstić information content (AvgIpc) is 2.26. The summed E-state index contributed by atoms with van der Waals surface area (Å²) in [7, 11) is 1.46.